The molecule has 0 atom stereocenters. The van der Waals surface area contributed by atoms with E-state index in [1.807, 2.05) is 17.9 Å². The normalized spacial score (nSPS) is 15.7. The molecule has 3 rings (SSSR count). The predicted molar refractivity (Wildman–Crippen MR) is 87.7 cm³/mol. The number of nitrogens with two attached hydrogens (primary N) is 1. The lowest BCUT2D eigenvalue weighted by Gasteiger charge is -2.36. The smallest absolute Gasteiger partial charge is 0.222 e. The summed E-state index contributed by atoms with van der Waals surface area (Å²) in [6.45, 7) is 5.43. The van der Waals surface area contributed by atoms with Crippen LogP contribution in [0, 0.1) is 0 Å². The second-order valence-corrected chi connectivity index (χ2v) is 6.38. The lowest BCUT2D eigenvalue weighted by atomic mass is 10.2. The molecule has 112 valence electrons. The fourth-order valence-electron chi connectivity index (χ4n) is 2.71. The molecule has 0 saturated carbocycles. The van der Waals surface area contributed by atoms with Crippen molar-refractivity contribution in [2.45, 2.75) is 19.8 Å². The van der Waals surface area contributed by atoms with Crippen LogP contribution >= 0.6 is 11.3 Å². The molecule has 2 aromatic rings. The van der Waals surface area contributed by atoms with Crippen molar-refractivity contribution in [2.24, 2.45) is 0 Å². The first-order chi connectivity index (χ1) is 10.2. The number of piperazine rings is 1. The molecule has 2 heterocycles. The SMILES string of the molecule is CCCC(=O)N1CCN(c2ccc3nc(N)sc3c2)CC1. The van der Waals surface area contributed by atoms with Gasteiger partial charge in [-0.25, -0.2) is 4.98 Å². The molecule has 1 aromatic heterocycles. The minimum Gasteiger partial charge on any atom is -0.375 e. The Morgan fingerprint density at radius 3 is 2.81 bits per heavy atom. The van der Waals surface area contributed by atoms with Crippen molar-refractivity contribution in [3.63, 3.8) is 0 Å². The number of amides is 1. The standard InChI is InChI=1S/C15H20N4OS/c1-2-3-14(20)19-8-6-18(7-9-19)11-4-5-12-13(10-11)21-15(16)17-12/h4-5,10H,2-3,6-9H2,1H3,(H2,16,17). The van der Waals surface area contributed by atoms with Crippen LogP contribution in [0.4, 0.5) is 10.8 Å². The van der Waals surface area contributed by atoms with Gasteiger partial charge in [0.15, 0.2) is 5.13 Å². The molecule has 0 aliphatic carbocycles. The molecule has 6 heteroatoms. The highest BCUT2D eigenvalue weighted by molar-refractivity contribution is 7.22. The van der Waals surface area contributed by atoms with Crippen molar-refractivity contribution in [3.05, 3.63) is 18.2 Å². The number of nitrogens with zero attached hydrogens (tertiary/aromatic N) is 3. The lowest BCUT2D eigenvalue weighted by Crippen LogP contribution is -2.48. The number of anilines is 2. The van der Waals surface area contributed by atoms with Gasteiger partial charge in [-0.05, 0) is 24.6 Å². The van der Waals surface area contributed by atoms with Gasteiger partial charge in [0.05, 0.1) is 10.2 Å². The number of hydrogen-bond donors (Lipinski definition) is 1. The van der Waals surface area contributed by atoms with Crippen LogP contribution in [0.1, 0.15) is 19.8 Å². The number of carbonyl (C=O) groups excluding carboxylic acids is 1. The Bertz CT molecular complexity index is 646. The highest BCUT2D eigenvalue weighted by atomic mass is 32.1. The number of aromatic nitrogens is 1. The van der Waals surface area contributed by atoms with E-state index in [4.69, 9.17) is 5.73 Å². The van der Waals surface area contributed by atoms with Gasteiger partial charge in [0.25, 0.3) is 0 Å². The van der Waals surface area contributed by atoms with E-state index in [2.05, 4.69) is 22.0 Å². The van der Waals surface area contributed by atoms with Crippen molar-refractivity contribution in [1.82, 2.24) is 9.88 Å². The molecule has 0 bridgehead atoms. The summed E-state index contributed by atoms with van der Waals surface area (Å²) in [5, 5.41) is 0.608. The van der Waals surface area contributed by atoms with Crippen molar-refractivity contribution in [1.29, 1.82) is 0 Å². The van der Waals surface area contributed by atoms with E-state index < -0.39 is 0 Å². The van der Waals surface area contributed by atoms with Crippen molar-refractivity contribution in [2.75, 3.05) is 36.8 Å². The summed E-state index contributed by atoms with van der Waals surface area (Å²) in [6.07, 6.45) is 1.58. The van der Waals surface area contributed by atoms with Crippen molar-refractivity contribution < 1.29 is 4.79 Å². The second-order valence-electron chi connectivity index (χ2n) is 5.32. The topological polar surface area (TPSA) is 62.5 Å². The van der Waals surface area contributed by atoms with Crippen LogP contribution in [-0.2, 0) is 4.79 Å². The average molecular weight is 304 g/mol. The molecule has 5 nitrogen and oxygen atoms in total. The summed E-state index contributed by atoms with van der Waals surface area (Å²) in [5.74, 6) is 0.280. The predicted octanol–water partition coefficient (Wildman–Crippen LogP) is 2.33. The molecule has 0 unspecified atom stereocenters. The second kappa shape index (κ2) is 5.89. The van der Waals surface area contributed by atoms with Gasteiger partial charge in [0.2, 0.25) is 5.91 Å². The molecule has 1 aromatic carbocycles. The van der Waals surface area contributed by atoms with Gasteiger partial charge >= 0.3 is 0 Å². The molecule has 21 heavy (non-hydrogen) atoms. The first kappa shape index (κ1) is 14.1. The fourth-order valence-corrected chi connectivity index (χ4v) is 3.48. The summed E-state index contributed by atoms with van der Waals surface area (Å²) in [5.41, 5.74) is 7.89. The average Bonchev–Trinajstić information content (AvgIpc) is 2.86. The van der Waals surface area contributed by atoms with E-state index in [1.54, 1.807) is 0 Å². The number of fused-ring (bicyclic) bond motifs is 1. The summed E-state index contributed by atoms with van der Waals surface area (Å²) < 4.78 is 1.12. The Labute approximate surface area is 128 Å². The molecule has 1 saturated heterocycles. The Morgan fingerprint density at radius 1 is 1.33 bits per heavy atom. The number of benzene rings is 1. The molecular weight excluding hydrogens is 284 g/mol. The molecule has 1 amide bonds. The van der Waals surface area contributed by atoms with Crippen LogP contribution < -0.4 is 10.6 Å². The van der Waals surface area contributed by atoms with Gasteiger partial charge in [0.1, 0.15) is 0 Å². The number of carbonyl (C=O) groups is 1. The Balaban J connectivity index is 1.69. The van der Waals surface area contributed by atoms with Crippen molar-refractivity contribution in [3.8, 4) is 0 Å². The molecule has 0 radical (unpaired) electrons. The minimum absolute atomic E-state index is 0.280. The maximum atomic E-state index is 11.9. The zero-order chi connectivity index (χ0) is 14.8. The first-order valence-corrected chi connectivity index (χ1v) is 8.18. The number of thiazole rings is 1. The van der Waals surface area contributed by atoms with Gasteiger partial charge in [0, 0.05) is 38.3 Å². The van der Waals surface area contributed by atoms with Gasteiger partial charge in [-0.2, -0.15) is 0 Å². The Kier molecular flexibility index (Phi) is 3.96. The number of hydrogen-bond acceptors (Lipinski definition) is 5. The van der Waals surface area contributed by atoms with Gasteiger partial charge < -0.3 is 15.5 Å². The third kappa shape index (κ3) is 2.95. The Hall–Kier alpha value is -1.82. The van der Waals surface area contributed by atoms with E-state index in [0.29, 0.717) is 11.6 Å². The van der Waals surface area contributed by atoms with Gasteiger partial charge in [-0.1, -0.05) is 18.3 Å². The van der Waals surface area contributed by atoms with E-state index in [0.717, 1.165) is 42.8 Å². The highest BCUT2D eigenvalue weighted by Gasteiger charge is 2.20. The molecule has 1 fully saturated rings. The zero-order valence-corrected chi connectivity index (χ0v) is 13.0. The van der Waals surface area contributed by atoms with Crippen LogP contribution in [0.15, 0.2) is 18.2 Å². The van der Waals surface area contributed by atoms with Crippen LogP contribution in [0.3, 0.4) is 0 Å². The third-order valence-electron chi connectivity index (χ3n) is 3.85. The highest BCUT2D eigenvalue weighted by Crippen LogP contribution is 2.28. The molecule has 1 aliphatic rings. The summed E-state index contributed by atoms with van der Waals surface area (Å²) in [6, 6.07) is 6.25. The van der Waals surface area contributed by atoms with Crippen molar-refractivity contribution >= 4 is 38.3 Å². The molecule has 1 aliphatic heterocycles. The Morgan fingerprint density at radius 2 is 2.10 bits per heavy atom. The lowest BCUT2D eigenvalue weighted by molar-refractivity contribution is -0.131. The molecular formula is C15H20N4OS. The van der Waals surface area contributed by atoms with E-state index in [9.17, 15) is 4.79 Å². The van der Waals surface area contributed by atoms with E-state index >= 15 is 0 Å². The first-order valence-electron chi connectivity index (χ1n) is 7.36. The van der Waals surface area contributed by atoms with Crippen LogP contribution in [0.2, 0.25) is 0 Å². The maximum Gasteiger partial charge on any atom is 0.222 e. The number of nitrogen functional groups attached to an aromatic ring is 1. The van der Waals surface area contributed by atoms with Crippen LogP contribution in [0.5, 0.6) is 0 Å². The summed E-state index contributed by atoms with van der Waals surface area (Å²) in [4.78, 5) is 20.5. The monoisotopic (exact) mass is 304 g/mol. The van der Waals surface area contributed by atoms with Gasteiger partial charge in [-0.3, -0.25) is 4.79 Å². The van der Waals surface area contributed by atoms with Gasteiger partial charge in [-0.15, -0.1) is 0 Å². The summed E-state index contributed by atoms with van der Waals surface area (Å²) >= 11 is 1.52. The van der Waals surface area contributed by atoms with E-state index in [1.165, 1.54) is 17.0 Å². The molecule has 2 N–H and O–H groups in total. The summed E-state index contributed by atoms with van der Waals surface area (Å²) in [7, 11) is 0. The molecule has 0 spiro atoms. The maximum absolute atomic E-state index is 11.9. The largest absolute Gasteiger partial charge is 0.375 e. The zero-order valence-electron chi connectivity index (χ0n) is 12.2. The van der Waals surface area contributed by atoms with E-state index in [-0.39, 0.29) is 5.91 Å². The fraction of sp³-hybridized carbons (Fsp3) is 0.467. The quantitative estimate of drug-likeness (QED) is 0.945. The number of rotatable bonds is 3. The minimum atomic E-state index is 0.280. The third-order valence-corrected chi connectivity index (χ3v) is 4.70. The van der Waals surface area contributed by atoms with Crippen LogP contribution in [0.25, 0.3) is 10.2 Å². The van der Waals surface area contributed by atoms with Crippen LogP contribution in [-0.4, -0.2) is 42.0 Å².